The second-order valence-electron chi connectivity index (χ2n) is 13.2. The summed E-state index contributed by atoms with van der Waals surface area (Å²) >= 11 is 0. The highest BCUT2D eigenvalue weighted by Gasteiger charge is 2.45. The molecule has 2 saturated heterocycles. The number of rotatable bonds is 6. The van der Waals surface area contributed by atoms with Gasteiger partial charge in [-0.3, -0.25) is 0 Å². The quantitative estimate of drug-likeness (QED) is 0.374. The maximum atomic E-state index is 3.77. The Morgan fingerprint density at radius 1 is 0.778 bits per heavy atom. The molecular weight excluding hydrogens is 474 g/mol. The number of hydrogen-bond donors (Lipinski definition) is 2. The van der Waals surface area contributed by atoms with E-state index in [-0.39, 0.29) is 13.1 Å². The van der Waals surface area contributed by atoms with Gasteiger partial charge in [0.1, 0.15) is 0 Å². The van der Waals surface area contributed by atoms with Crippen molar-refractivity contribution in [1.82, 2.24) is 10.6 Å². The van der Waals surface area contributed by atoms with Crippen molar-refractivity contribution in [3.05, 3.63) is 59.7 Å². The number of piperidine rings is 2. The van der Waals surface area contributed by atoms with Crippen LogP contribution in [0.5, 0.6) is 0 Å². The highest BCUT2D eigenvalue weighted by atomic mass is 31.1. The van der Waals surface area contributed by atoms with E-state index in [0.717, 1.165) is 26.2 Å². The first kappa shape index (κ1) is 28.2. The lowest BCUT2D eigenvalue weighted by molar-refractivity contribution is 0.193. The standard InChI is InChI=1S/C32H50N2P2/c1-30(2,3)36(31(4,5)6)23-26-17-16-25(24-12-8-7-9-13-24)20-29(26)32(35,27-14-10-18-33-21-27)28-15-11-19-34-22-28/h7-9,12-13,16-17,20,27-28,33-34H,10-11,14-15,18-19,21-23,35H2,1-6H3. The van der Waals surface area contributed by atoms with Gasteiger partial charge in [-0.05, 0) is 108 Å². The summed E-state index contributed by atoms with van der Waals surface area (Å²) in [5.41, 5.74) is 5.90. The van der Waals surface area contributed by atoms with E-state index in [0.29, 0.717) is 22.1 Å². The van der Waals surface area contributed by atoms with Gasteiger partial charge < -0.3 is 10.6 Å². The minimum atomic E-state index is -0.222. The third-order valence-corrected chi connectivity index (χ3v) is 13.7. The zero-order valence-electron chi connectivity index (χ0n) is 23.7. The first-order chi connectivity index (χ1) is 17.0. The normalized spacial score (nSPS) is 23.4. The van der Waals surface area contributed by atoms with Gasteiger partial charge in [0.05, 0.1) is 0 Å². The fourth-order valence-electron chi connectivity index (χ4n) is 6.87. The Hall–Kier alpha value is -0.780. The van der Waals surface area contributed by atoms with E-state index in [4.69, 9.17) is 0 Å². The fraction of sp³-hybridized carbons (Fsp3) is 0.625. The van der Waals surface area contributed by atoms with Gasteiger partial charge in [0.25, 0.3) is 0 Å². The molecular formula is C32H50N2P2. The smallest absolute Gasteiger partial charge is 0.0181 e. The highest BCUT2D eigenvalue weighted by molar-refractivity contribution is 7.60. The van der Waals surface area contributed by atoms with Crippen molar-refractivity contribution in [2.24, 2.45) is 11.8 Å². The first-order valence-electron chi connectivity index (χ1n) is 14.2. The molecule has 2 aromatic rings. The summed E-state index contributed by atoms with van der Waals surface area (Å²) in [6, 6.07) is 18.5. The first-order valence-corrected chi connectivity index (χ1v) is 16.3. The molecule has 0 bridgehead atoms. The molecule has 0 amide bonds. The monoisotopic (exact) mass is 524 g/mol. The van der Waals surface area contributed by atoms with Crippen LogP contribution >= 0.6 is 17.2 Å². The number of nitrogens with one attached hydrogen (secondary N) is 2. The summed E-state index contributed by atoms with van der Waals surface area (Å²) in [5.74, 6) is 1.28. The minimum absolute atomic E-state index is 0.0811. The van der Waals surface area contributed by atoms with Crippen molar-refractivity contribution in [2.75, 3.05) is 26.2 Å². The second kappa shape index (κ2) is 11.5. The third-order valence-electron chi connectivity index (χ3n) is 8.58. The summed E-state index contributed by atoms with van der Waals surface area (Å²) in [4.78, 5) is 0. The van der Waals surface area contributed by atoms with Crippen molar-refractivity contribution in [3.63, 3.8) is 0 Å². The van der Waals surface area contributed by atoms with E-state index in [1.54, 1.807) is 11.1 Å². The van der Waals surface area contributed by atoms with Crippen LogP contribution in [0.15, 0.2) is 48.5 Å². The fourth-order valence-corrected chi connectivity index (χ4v) is 11.3. The number of hydrogen-bond acceptors (Lipinski definition) is 2. The molecule has 198 valence electrons. The molecule has 2 aliphatic heterocycles. The molecule has 2 aromatic carbocycles. The van der Waals surface area contributed by atoms with Crippen LogP contribution in [0.25, 0.3) is 11.1 Å². The Morgan fingerprint density at radius 2 is 1.33 bits per heavy atom. The molecule has 4 rings (SSSR count). The van der Waals surface area contributed by atoms with Crippen molar-refractivity contribution in [1.29, 1.82) is 0 Å². The largest absolute Gasteiger partial charge is 0.316 e. The SMILES string of the molecule is CC(C)(C)P(Cc1ccc(-c2ccccc2)cc1C(P)(C1CCCNC1)C1CCCNC1)C(C)(C)C. The summed E-state index contributed by atoms with van der Waals surface area (Å²) in [6.07, 6.45) is 6.39. The molecule has 2 N–H and O–H groups in total. The Labute approximate surface area is 225 Å². The topological polar surface area (TPSA) is 24.1 Å². The molecule has 2 aliphatic rings. The Kier molecular flexibility index (Phi) is 9.05. The molecule has 3 unspecified atom stereocenters. The Morgan fingerprint density at radius 3 is 1.81 bits per heavy atom. The lowest BCUT2D eigenvalue weighted by atomic mass is 9.69. The molecule has 2 heterocycles. The van der Waals surface area contributed by atoms with Crippen molar-refractivity contribution in [2.45, 2.75) is 88.9 Å². The number of benzene rings is 2. The van der Waals surface area contributed by atoms with Gasteiger partial charge >= 0.3 is 0 Å². The van der Waals surface area contributed by atoms with E-state index in [1.165, 1.54) is 43.0 Å². The van der Waals surface area contributed by atoms with Crippen LogP contribution in [-0.2, 0) is 11.3 Å². The zero-order chi connectivity index (χ0) is 26.0. The zero-order valence-corrected chi connectivity index (χ0v) is 25.7. The van der Waals surface area contributed by atoms with Crippen LogP contribution < -0.4 is 10.6 Å². The molecule has 0 saturated carbocycles. The molecule has 4 heteroatoms. The van der Waals surface area contributed by atoms with Gasteiger partial charge in [-0.2, -0.15) is 0 Å². The lowest BCUT2D eigenvalue weighted by Crippen LogP contribution is -2.49. The highest BCUT2D eigenvalue weighted by Crippen LogP contribution is 2.62. The molecule has 2 nitrogen and oxygen atoms in total. The van der Waals surface area contributed by atoms with Crippen LogP contribution in [-0.4, -0.2) is 36.5 Å². The van der Waals surface area contributed by atoms with Gasteiger partial charge in [0, 0.05) is 5.16 Å². The Bertz CT molecular complexity index is 945. The average Bonchev–Trinajstić information content (AvgIpc) is 2.87. The van der Waals surface area contributed by atoms with Crippen LogP contribution in [0.1, 0.15) is 78.4 Å². The van der Waals surface area contributed by atoms with Crippen LogP contribution in [0.3, 0.4) is 0 Å². The van der Waals surface area contributed by atoms with Gasteiger partial charge in [0.15, 0.2) is 0 Å². The molecule has 2 fully saturated rings. The minimum Gasteiger partial charge on any atom is -0.316 e. The molecule has 0 spiro atoms. The summed E-state index contributed by atoms with van der Waals surface area (Å²) in [5, 5.41) is 8.25. The van der Waals surface area contributed by atoms with Crippen LogP contribution in [0.4, 0.5) is 0 Å². The van der Waals surface area contributed by atoms with Gasteiger partial charge in [-0.25, -0.2) is 0 Å². The van der Waals surface area contributed by atoms with E-state index in [9.17, 15) is 0 Å². The predicted octanol–water partition coefficient (Wildman–Crippen LogP) is 8.00. The third kappa shape index (κ3) is 6.26. The maximum absolute atomic E-state index is 3.77. The summed E-state index contributed by atoms with van der Waals surface area (Å²) in [6.45, 7) is 19.4. The summed E-state index contributed by atoms with van der Waals surface area (Å²) < 4.78 is 0. The molecule has 36 heavy (non-hydrogen) atoms. The van der Waals surface area contributed by atoms with E-state index in [2.05, 4.69) is 110 Å². The molecule has 3 atom stereocenters. The lowest BCUT2D eigenvalue weighted by Gasteiger charge is -2.49. The summed E-state index contributed by atoms with van der Waals surface area (Å²) in [7, 11) is 3.29. The van der Waals surface area contributed by atoms with Gasteiger partial charge in [-0.15, -0.1) is 9.24 Å². The van der Waals surface area contributed by atoms with Gasteiger partial charge in [0.2, 0.25) is 0 Å². The predicted molar refractivity (Wildman–Crippen MR) is 165 cm³/mol. The van der Waals surface area contributed by atoms with Crippen LogP contribution in [0, 0.1) is 11.8 Å². The molecule has 0 aromatic heterocycles. The molecule has 0 aliphatic carbocycles. The van der Waals surface area contributed by atoms with Crippen molar-refractivity contribution in [3.8, 4) is 11.1 Å². The van der Waals surface area contributed by atoms with Gasteiger partial charge in [-0.1, -0.05) is 91.9 Å². The molecule has 0 radical (unpaired) electrons. The maximum Gasteiger partial charge on any atom is 0.0181 e. The Balaban J connectivity index is 1.88. The average molecular weight is 525 g/mol. The van der Waals surface area contributed by atoms with Crippen molar-refractivity contribution >= 4 is 17.2 Å². The second-order valence-corrected chi connectivity index (χ2v) is 18.0. The van der Waals surface area contributed by atoms with E-state index in [1.807, 2.05) is 0 Å². The van der Waals surface area contributed by atoms with E-state index < -0.39 is 0 Å². The van der Waals surface area contributed by atoms with Crippen LogP contribution in [0.2, 0.25) is 0 Å². The van der Waals surface area contributed by atoms with E-state index >= 15 is 0 Å². The van der Waals surface area contributed by atoms with Crippen molar-refractivity contribution < 1.29 is 0 Å².